The molecule has 33 heavy (non-hydrogen) atoms. The van der Waals surface area contributed by atoms with E-state index in [-0.39, 0.29) is 30.3 Å². The second kappa shape index (κ2) is 11.9. The molecule has 2 aromatic heterocycles. The first kappa shape index (κ1) is 25.6. The zero-order valence-corrected chi connectivity index (χ0v) is 21.8. The maximum absolute atomic E-state index is 12.9. The number of aromatic nitrogens is 2. The first-order chi connectivity index (χ1) is 15.8. The normalized spacial score (nSPS) is 14.3. The predicted octanol–water partition coefficient (Wildman–Crippen LogP) is 5.15. The molecule has 1 aliphatic rings. The van der Waals surface area contributed by atoms with E-state index in [1.165, 1.54) is 34.4 Å². The Morgan fingerprint density at radius 3 is 2.55 bits per heavy atom. The minimum atomic E-state index is -0.464. The molecule has 0 aromatic carbocycles. The highest BCUT2D eigenvalue weighted by Gasteiger charge is 2.28. The molecule has 8 nitrogen and oxygen atoms in total. The van der Waals surface area contributed by atoms with Crippen LogP contribution in [0.3, 0.4) is 0 Å². The Bertz CT molecular complexity index is 1000. The molecule has 2 N–H and O–H groups in total. The summed E-state index contributed by atoms with van der Waals surface area (Å²) < 4.78 is 5.88. The number of anilines is 2. The van der Waals surface area contributed by atoms with Crippen molar-refractivity contribution in [2.45, 2.75) is 75.8 Å². The van der Waals surface area contributed by atoms with Gasteiger partial charge in [0.15, 0.2) is 4.34 Å². The van der Waals surface area contributed by atoms with E-state index in [0.717, 1.165) is 42.5 Å². The smallest absolute Gasteiger partial charge is 0.341 e. The fourth-order valence-corrected chi connectivity index (χ4v) is 6.71. The summed E-state index contributed by atoms with van der Waals surface area (Å²) in [5.74, 6) is -0.448. The predicted molar refractivity (Wildman–Crippen MR) is 133 cm³/mol. The van der Waals surface area contributed by atoms with Crippen molar-refractivity contribution < 1.29 is 19.1 Å². The van der Waals surface area contributed by atoms with Gasteiger partial charge in [-0.15, -0.1) is 21.5 Å². The summed E-state index contributed by atoms with van der Waals surface area (Å²) in [6, 6.07) is 0. The van der Waals surface area contributed by atoms with Gasteiger partial charge in [-0.05, 0) is 51.0 Å². The molecule has 0 saturated carbocycles. The molecule has 0 fully saturated rings. The number of fused-ring (bicyclic) bond motifs is 1. The number of carbonyl (C=O) groups is 3. The number of esters is 1. The van der Waals surface area contributed by atoms with Gasteiger partial charge in [-0.3, -0.25) is 9.59 Å². The summed E-state index contributed by atoms with van der Waals surface area (Å²) in [7, 11) is 0. The number of thioether (sulfide) groups is 1. The summed E-state index contributed by atoms with van der Waals surface area (Å²) in [4.78, 5) is 38.7. The Kier molecular flexibility index (Phi) is 9.27. The van der Waals surface area contributed by atoms with E-state index in [1.807, 2.05) is 13.8 Å². The molecule has 1 atom stereocenters. The summed E-state index contributed by atoms with van der Waals surface area (Å²) in [6.07, 6.45) is 5.42. The quantitative estimate of drug-likeness (QED) is 0.208. The average Bonchev–Trinajstić information content (AvgIpc) is 3.23. The van der Waals surface area contributed by atoms with Gasteiger partial charge in [0, 0.05) is 11.3 Å². The largest absolute Gasteiger partial charge is 0.462 e. The lowest BCUT2D eigenvalue weighted by molar-refractivity contribution is -0.117. The van der Waals surface area contributed by atoms with Crippen LogP contribution in [0, 0.1) is 5.92 Å². The van der Waals surface area contributed by atoms with Gasteiger partial charge in [-0.2, -0.15) is 0 Å². The molecule has 2 amide bonds. The molecule has 0 bridgehead atoms. The fraction of sp³-hybridized carbons (Fsp3) is 0.591. The van der Waals surface area contributed by atoms with Crippen molar-refractivity contribution >= 4 is 62.4 Å². The molecule has 1 unspecified atom stereocenters. The standard InChI is InChI=1S/C22H30N4O4S3/c1-5-30-20(29)17-14-9-7-6-8-10-15(14)32-19(17)24-18(28)13(4)31-22-26-25-21(33-22)23-16(27)11-12(2)3/h12-13H,5-11H2,1-4H3,(H,24,28)(H,23,25,27). The van der Waals surface area contributed by atoms with Crippen LogP contribution in [0.5, 0.6) is 0 Å². The van der Waals surface area contributed by atoms with Crippen LogP contribution in [0.15, 0.2) is 4.34 Å². The van der Waals surface area contributed by atoms with Gasteiger partial charge in [0.05, 0.1) is 17.4 Å². The van der Waals surface area contributed by atoms with Crippen LogP contribution in [-0.2, 0) is 27.2 Å². The molecule has 0 spiro atoms. The van der Waals surface area contributed by atoms with Crippen molar-refractivity contribution in [2.75, 3.05) is 17.2 Å². The van der Waals surface area contributed by atoms with E-state index in [1.54, 1.807) is 13.8 Å². The lowest BCUT2D eigenvalue weighted by Crippen LogP contribution is -2.23. The topological polar surface area (TPSA) is 110 Å². The number of hydrogen-bond donors (Lipinski definition) is 2. The second-order valence-electron chi connectivity index (χ2n) is 8.26. The number of carbonyl (C=O) groups excluding carboxylic acids is 3. The highest BCUT2D eigenvalue weighted by molar-refractivity contribution is 8.02. The lowest BCUT2D eigenvalue weighted by Gasteiger charge is -2.11. The summed E-state index contributed by atoms with van der Waals surface area (Å²) >= 11 is 3.98. The van der Waals surface area contributed by atoms with Crippen LogP contribution < -0.4 is 10.6 Å². The zero-order valence-electron chi connectivity index (χ0n) is 19.4. The van der Waals surface area contributed by atoms with Crippen molar-refractivity contribution in [3.8, 4) is 0 Å². The van der Waals surface area contributed by atoms with E-state index < -0.39 is 5.25 Å². The number of nitrogens with zero attached hydrogens (tertiary/aromatic N) is 2. The molecule has 2 aromatic rings. The van der Waals surface area contributed by atoms with Gasteiger partial charge in [-0.25, -0.2) is 4.79 Å². The van der Waals surface area contributed by atoms with Crippen LogP contribution in [0.2, 0.25) is 0 Å². The minimum Gasteiger partial charge on any atom is -0.462 e. The summed E-state index contributed by atoms with van der Waals surface area (Å²) in [5.41, 5.74) is 1.54. The fourth-order valence-electron chi connectivity index (χ4n) is 3.52. The summed E-state index contributed by atoms with van der Waals surface area (Å²) in [5, 5.41) is 14.3. The van der Waals surface area contributed by atoms with Crippen molar-refractivity contribution in [3.63, 3.8) is 0 Å². The first-order valence-electron chi connectivity index (χ1n) is 11.2. The maximum atomic E-state index is 12.9. The van der Waals surface area contributed by atoms with E-state index >= 15 is 0 Å². The van der Waals surface area contributed by atoms with Crippen LogP contribution in [0.25, 0.3) is 0 Å². The zero-order chi connectivity index (χ0) is 24.0. The minimum absolute atomic E-state index is 0.104. The van der Waals surface area contributed by atoms with Gasteiger partial charge >= 0.3 is 5.97 Å². The summed E-state index contributed by atoms with van der Waals surface area (Å²) in [6.45, 7) is 7.79. The average molecular weight is 511 g/mol. The van der Waals surface area contributed by atoms with Gasteiger partial charge in [0.25, 0.3) is 0 Å². The number of aryl methyl sites for hydroxylation is 1. The van der Waals surface area contributed by atoms with Crippen LogP contribution in [0.4, 0.5) is 10.1 Å². The third-order valence-electron chi connectivity index (χ3n) is 5.03. The van der Waals surface area contributed by atoms with Gasteiger partial charge < -0.3 is 15.4 Å². The van der Waals surface area contributed by atoms with E-state index in [4.69, 9.17) is 4.74 Å². The highest BCUT2D eigenvalue weighted by Crippen LogP contribution is 2.38. The van der Waals surface area contributed by atoms with Crippen molar-refractivity contribution in [1.29, 1.82) is 0 Å². The van der Waals surface area contributed by atoms with Gasteiger partial charge in [0.1, 0.15) is 5.00 Å². The Labute approximate surface area is 206 Å². The molecule has 2 heterocycles. The highest BCUT2D eigenvalue weighted by atomic mass is 32.2. The van der Waals surface area contributed by atoms with E-state index in [9.17, 15) is 14.4 Å². The van der Waals surface area contributed by atoms with Crippen LogP contribution in [-0.4, -0.2) is 39.8 Å². The Balaban J connectivity index is 1.67. The number of thiophene rings is 1. The lowest BCUT2D eigenvalue weighted by atomic mass is 10.1. The number of nitrogens with one attached hydrogen (secondary N) is 2. The first-order valence-corrected chi connectivity index (χ1v) is 13.7. The molecular weight excluding hydrogens is 480 g/mol. The second-order valence-corrected chi connectivity index (χ2v) is 11.9. The third-order valence-corrected chi connectivity index (χ3v) is 8.26. The van der Waals surface area contributed by atoms with Crippen LogP contribution >= 0.6 is 34.4 Å². The number of ether oxygens (including phenoxy) is 1. The van der Waals surface area contributed by atoms with Gasteiger partial charge in [0.2, 0.25) is 16.9 Å². The van der Waals surface area contributed by atoms with Crippen molar-refractivity contribution in [3.05, 3.63) is 16.0 Å². The SMILES string of the molecule is CCOC(=O)c1c(NC(=O)C(C)Sc2nnc(NC(=O)CC(C)C)s2)sc2c1CCCCC2. The molecule has 1 aliphatic carbocycles. The number of rotatable bonds is 9. The number of hydrogen-bond acceptors (Lipinski definition) is 9. The van der Waals surface area contributed by atoms with E-state index in [2.05, 4.69) is 20.8 Å². The van der Waals surface area contributed by atoms with Crippen LogP contribution in [0.1, 0.15) is 74.2 Å². The maximum Gasteiger partial charge on any atom is 0.341 e. The molecule has 11 heteroatoms. The van der Waals surface area contributed by atoms with Crippen molar-refractivity contribution in [2.24, 2.45) is 5.92 Å². The van der Waals surface area contributed by atoms with E-state index in [0.29, 0.717) is 26.5 Å². The molecule has 180 valence electrons. The third kappa shape index (κ3) is 7.00. The Hall–Kier alpha value is -1.98. The molecule has 0 saturated heterocycles. The molecular formula is C22H30N4O4S3. The monoisotopic (exact) mass is 510 g/mol. The Morgan fingerprint density at radius 2 is 1.82 bits per heavy atom. The molecule has 0 aliphatic heterocycles. The molecule has 0 radical (unpaired) electrons. The number of amides is 2. The van der Waals surface area contributed by atoms with Crippen molar-refractivity contribution in [1.82, 2.24) is 10.2 Å². The molecule has 3 rings (SSSR count). The van der Waals surface area contributed by atoms with Gasteiger partial charge in [-0.1, -0.05) is 43.4 Å². The Morgan fingerprint density at radius 1 is 1.06 bits per heavy atom.